The van der Waals surface area contributed by atoms with Gasteiger partial charge >= 0.3 is 0 Å². The number of aromatic nitrogens is 1. The molecule has 1 aromatic rings. The lowest BCUT2D eigenvalue weighted by atomic mass is 10.2. The summed E-state index contributed by atoms with van der Waals surface area (Å²) in [4.78, 5) is 6.83. The normalized spacial score (nSPS) is 13.0. The Bertz CT molecular complexity index is 321. The summed E-state index contributed by atoms with van der Waals surface area (Å²) in [5, 5.41) is 3.53. The van der Waals surface area contributed by atoms with Crippen LogP contribution in [0.2, 0.25) is 0 Å². The zero-order chi connectivity index (χ0) is 12.7. The number of rotatable bonds is 7. The van der Waals surface area contributed by atoms with Gasteiger partial charge in [0.2, 0.25) is 0 Å². The summed E-state index contributed by atoms with van der Waals surface area (Å²) in [5.74, 6) is 0. The molecule has 3 nitrogen and oxygen atoms in total. The highest BCUT2D eigenvalue weighted by Gasteiger charge is 2.07. The molecule has 0 aliphatic carbocycles. The van der Waals surface area contributed by atoms with Crippen LogP contribution in [0.4, 0.5) is 0 Å². The minimum Gasteiger partial charge on any atom is -0.307 e. The van der Waals surface area contributed by atoms with Gasteiger partial charge in [0.25, 0.3) is 0 Å². The van der Waals surface area contributed by atoms with Crippen molar-refractivity contribution in [2.45, 2.75) is 40.3 Å². The minimum absolute atomic E-state index is 0.497. The molecule has 0 saturated carbocycles. The molecule has 0 radical (unpaired) electrons. The maximum atomic E-state index is 4.39. The van der Waals surface area contributed by atoms with E-state index in [4.69, 9.17) is 0 Å². The molecule has 0 aliphatic heterocycles. The SMILES string of the molecule is CCN(CC)CC(C)NCc1ncccc1C. The topological polar surface area (TPSA) is 28.2 Å². The fourth-order valence-corrected chi connectivity index (χ4v) is 1.91. The third-order valence-corrected chi connectivity index (χ3v) is 3.16. The summed E-state index contributed by atoms with van der Waals surface area (Å²) in [7, 11) is 0. The highest BCUT2D eigenvalue weighted by Crippen LogP contribution is 2.03. The Balaban J connectivity index is 2.38. The molecule has 1 N–H and O–H groups in total. The second-order valence-electron chi connectivity index (χ2n) is 4.53. The Kier molecular flexibility index (Phi) is 6.16. The summed E-state index contributed by atoms with van der Waals surface area (Å²) >= 11 is 0. The first-order valence-corrected chi connectivity index (χ1v) is 6.53. The number of nitrogens with one attached hydrogen (secondary N) is 1. The quantitative estimate of drug-likeness (QED) is 0.785. The van der Waals surface area contributed by atoms with Crippen LogP contribution in [-0.2, 0) is 6.54 Å². The van der Waals surface area contributed by atoms with E-state index < -0.39 is 0 Å². The molecule has 0 fully saturated rings. The van der Waals surface area contributed by atoms with Crippen molar-refractivity contribution in [2.75, 3.05) is 19.6 Å². The molecule has 96 valence electrons. The van der Waals surface area contributed by atoms with Crippen molar-refractivity contribution in [3.8, 4) is 0 Å². The van der Waals surface area contributed by atoms with Crippen LogP contribution in [0.25, 0.3) is 0 Å². The van der Waals surface area contributed by atoms with E-state index in [0.29, 0.717) is 6.04 Å². The number of aryl methyl sites for hydroxylation is 1. The van der Waals surface area contributed by atoms with Gasteiger partial charge in [-0.05, 0) is 38.6 Å². The molecule has 1 heterocycles. The monoisotopic (exact) mass is 235 g/mol. The van der Waals surface area contributed by atoms with E-state index in [-0.39, 0.29) is 0 Å². The van der Waals surface area contributed by atoms with Crippen LogP contribution in [0, 0.1) is 6.92 Å². The maximum absolute atomic E-state index is 4.39. The summed E-state index contributed by atoms with van der Waals surface area (Å²) < 4.78 is 0. The van der Waals surface area contributed by atoms with E-state index >= 15 is 0 Å². The van der Waals surface area contributed by atoms with Gasteiger partial charge in [-0.1, -0.05) is 19.9 Å². The molecular weight excluding hydrogens is 210 g/mol. The summed E-state index contributed by atoms with van der Waals surface area (Å²) in [6.07, 6.45) is 1.86. The Morgan fingerprint density at radius 3 is 2.65 bits per heavy atom. The molecule has 0 amide bonds. The molecule has 1 rings (SSSR count). The largest absolute Gasteiger partial charge is 0.307 e. The smallest absolute Gasteiger partial charge is 0.0570 e. The van der Waals surface area contributed by atoms with Gasteiger partial charge in [0.05, 0.1) is 5.69 Å². The number of nitrogens with zero attached hydrogens (tertiary/aromatic N) is 2. The average molecular weight is 235 g/mol. The number of hydrogen-bond donors (Lipinski definition) is 1. The van der Waals surface area contributed by atoms with Gasteiger partial charge in [-0.25, -0.2) is 0 Å². The van der Waals surface area contributed by atoms with Gasteiger partial charge in [0.15, 0.2) is 0 Å². The maximum Gasteiger partial charge on any atom is 0.0570 e. The number of likely N-dealkylation sites (N-methyl/N-ethyl adjacent to an activating group) is 1. The zero-order valence-corrected chi connectivity index (χ0v) is 11.5. The molecule has 3 heteroatoms. The lowest BCUT2D eigenvalue weighted by molar-refractivity contribution is 0.270. The molecule has 0 spiro atoms. The molecule has 1 unspecified atom stereocenters. The van der Waals surface area contributed by atoms with Crippen LogP contribution < -0.4 is 5.32 Å². The number of pyridine rings is 1. The van der Waals surface area contributed by atoms with Gasteiger partial charge < -0.3 is 10.2 Å². The lowest BCUT2D eigenvalue weighted by Gasteiger charge is -2.23. The fraction of sp³-hybridized carbons (Fsp3) is 0.643. The van der Waals surface area contributed by atoms with Gasteiger partial charge in [-0.3, -0.25) is 4.98 Å². The standard InChI is InChI=1S/C14H25N3/c1-5-17(6-2)11-13(4)16-10-14-12(3)8-7-9-15-14/h7-9,13,16H,5-6,10-11H2,1-4H3. The van der Waals surface area contributed by atoms with E-state index in [9.17, 15) is 0 Å². The molecule has 1 atom stereocenters. The van der Waals surface area contributed by atoms with Gasteiger partial charge in [-0.15, -0.1) is 0 Å². The van der Waals surface area contributed by atoms with Crippen LogP contribution >= 0.6 is 0 Å². The molecular formula is C14H25N3. The summed E-state index contributed by atoms with van der Waals surface area (Å²) in [5.41, 5.74) is 2.41. The third-order valence-electron chi connectivity index (χ3n) is 3.16. The first kappa shape index (κ1) is 14.1. The number of hydrogen-bond acceptors (Lipinski definition) is 3. The molecule has 0 saturated heterocycles. The van der Waals surface area contributed by atoms with Crippen LogP contribution in [0.5, 0.6) is 0 Å². The second kappa shape index (κ2) is 7.41. The Hall–Kier alpha value is -0.930. The first-order chi connectivity index (χ1) is 8.17. The van der Waals surface area contributed by atoms with Gasteiger partial charge in [0.1, 0.15) is 0 Å². The van der Waals surface area contributed by atoms with Gasteiger partial charge in [-0.2, -0.15) is 0 Å². The van der Waals surface area contributed by atoms with Crippen molar-refractivity contribution in [3.63, 3.8) is 0 Å². The van der Waals surface area contributed by atoms with E-state index in [1.165, 1.54) is 5.56 Å². The Morgan fingerprint density at radius 1 is 1.35 bits per heavy atom. The molecule has 17 heavy (non-hydrogen) atoms. The van der Waals surface area contributed by atoms with Crippen LogP contribution in [0.3, 0.4) is 0 Å². The van der Waals surface area contributed by atoms with E-state index in [1.54, 1.807) is 0 Å². The van der Waals surface area contributed by atoms with Crippen molar-refractivity contribution < 1.29 is 0 Å². The predicted octanol–water partition coefficient (Wildman–Crippen LogP) is 2.21. The fourth-order valence-electron chi connectivity index (χ4n) is 1.91. The lowest BCUT2D eigenvalue weighted by Crippen LogP contribution is -2.39. The second-order valence-corrected chi connectivity index (χ2v) is 4.53. The van der Waals surface area contributed by atoms with E-state index in [1.807, 2.05) is 12.3 Å². The summed E-state index contributed by atoms with van der Waals surface area (Å²) in [6.45, 7) is 12.9. The third kappa shape index (κ3) is 4.84. The molecule has 1 aromatic heterocycles. The minimum atomic E-state index is 0.497. The van der Waals surface area contributed by atoms with E-state index in [2.05, 4.69) is 49.0 Å². The predicted molar refractivity (Wildman–Crippen MR) is 73.1 cm³/mol. The van der Waals surface area contributed by atoms with Crippen LogP contribution in [-0.4, -0.2) is 35.6 Å². The average Bonchev–Trinajstić information content (AvgIpc) is 2.35. The summed E-state index contributed by atoms with van der Waals surface area (Å²) in [6, 6.07) is 4.59. The van der Waals surface area contributed by atoms with Crippen molar-refractivity contribution >= 4 is 0 Å². The first-order valence-electron chi connectivity index (χ1n) is 6.53. The van der Waals surface area contributed by atoms with Crippen LogP contribution in [0.15, 0.2) is 18.3 Å². The zero-order valence-electron chi connectivity index (χ0n) is 11.5. The highest BCUT2D eigenvalue weighted by molar-refractivity contribution is 5.17. The Labute approximate surface area is 105 Å². The molecule has 0 bridgehead atoms. The van der Waals surface area contributed by atoms with Crippen molar-refractivity contribution in [3.05, 3.63) is 29.6 Å². The van der Waals surface area contributed by atoms with Gasteiger partial charge in [0, 0.05) is 25.3 Å². The highest BCUT2D eigenvalue weighted by atomic mass is 15.1. The van der Waals surface area contributed by atoms with E-state index in [0.717, 1.165) is 31.9 Å². The van der Waals surface area contributed by atoms with Crippen molar-refractivity contribution in [1.82, 2.24) is 15.2 Å². The Morgan fingerprint density at radius 2 is 2.06 bits per heavy atom. The molecule has 0 aromatic carbocycles. The molecule has 0 aliphatic rings. The van der Waals surface area contributed by atoms with Crippen LogP contribution in [0.1, 0.15) is 32.0 Å². The van der Waals surface area contributed by atoms with Crippen molar-refractivity contribution in [1.29, 1.82) is 0 Å². The van der Waals surface area contributed by atoms with Crippen molar-refractivity contribution in [2.24, 2.45) is 0 Å².